The monoisotopic (exact) mass is 339 g/mol. The first-order valence-corrected chi connectivity index (χ1v) is 9.31. The van der Waals surface area contributed by atoms with Crippen LogP contribution in [0.15, 0.2) is 41.3 Å². The highest BCUT2D eigenvalue weighted by molar-refractivity contribution is 5.82. The van der Waals surface area contributed by atoms with Crippen molar-refractivity contribution in [2.24, 2.45) is 0 Å². The summed E-state index contributed by atoms with van der Waals surface area (Å²) in [5.74, 6) is 1.19. The highest BCUT2D eigenvalue weighted by Gasteiger charge is 2.32. The molecule has 1 fully saturated rings. The smallest absolute Gasteiger partial charge is 0.237 e. The van der Waals surface area contributed by atoms with E-state index in [0.717, 1.165) is 68.5 Å². The molecule has 4 rings (SSSR count). The van der Waals surface area contributed by atoms with Crippen LogP contribution >= 0.6 is 0 Å². The Morgan fingerprint density at radius 1 is 1.28 bits per heavy atom. The van der Waals surface area contributed by atoms with Crippen molar-refractivity contribution in [3.05, 3.63) is 53.7 Å². The molecular formula is C20H25N3O2. The van der Waals surface area contributed by atoms with E-state index in [2.05, 4.69) is 21.3 Å². The predicted molar refractivity (Wildman–Crippen MR) is 94.8 cm³/mol. The van der Waals surface area contributed by atoms with Gasteiger partial charge in [-0.1, -0.05) is 12.5 Å². The number of hydrogen-bond acceptors (Lipinski definition) is 4. The maximum atomic E-state index is 13.0. The molecular weight excluding hydrogens is 314 g/mol. The summed E-state index contributed by atoms with van der Waals surface area (Å²) in [6.07, 6.45) is 11.6. The molecule has 1 amide bonds. The van der Waals surface area contributed by atoms with Gasteiger partial charge >= 0.3 is 0 Å². The second kappa shape index (κ2) is 7.40. The van der Waals surface area contributed by atoms with Crippen LogP contribution in [0.25, 0.3) is 0 Å². The zero-order valence-corrected chi connectivity index (χ0v) is 14.5. The largest absolute Gasteiger partial charge is 0.469 e. The average molecular weight is 339 g/mol. The molecule has 0 saturated carbocycles. The van der Waals surface area contributed by atoms with Crippen molar-refractivity contribution in [1.29, 1.82) is 0 Å². The number of rotatable bonds is 4. The highest BCUT2D eigenvalue weighted by Crippen LogP contribution is 2.31. The minimum atomic E-state index is -0.0498. The number of carbonyl (C=O) groups excluding carboxylic acids is 1. The fourth-order valence-corrected chi connectivity index (χ4v) is 4.11. The Kier molecular flexibility index (Phi) is 4.83. The van der Waals surface area contributed by atoms with Crippen LogP contribution in [0.4, 0.5) is 0 Å². The van der Waals surface area contributed by atoms with Crippen molar-refractivity contribution in [2.75, 3.05) is 6.54 Å². The number of likely N-dealkylation sites (tertiary alicyclic amines) is 1. The molecule has 1 N–H and O–H groups in total. The molecule has 0 bridgehead atoms. The summed E-state index contributed by atoms with van der Waals surface area (Å²) in [5.41, 5.74) is 2.33. The quantitative estimate of drug-likeness (QED) is 0.929. The Morgan fingerprint density at radius 3 is 3.12 bits per heavy atom. The van der Waals surface area contributed by atoms with Gasteiger partial charge in [0.05, 0.1) is 18.3 Å². The fraction of sp³-hybridized carbons (Fsp3) is 0.500. The third kappa shape index (κ3) is 3.61. The standard InChI is InChI=1S/C20H25N3O2/c24-20(22-17-6-3-8-19-16(17)9-12-25-19)18-7-1-2-11-23(18)14-15-5-4-10-21-13-15/h4-5,9-10,12-13,17-18H,1-3,6-8,11,14H2,(H,22,24). The van der Waals surface area contributed by atoms with Crippen LogP contribution in [0.3, 0.4) is 0 Å². The number of aryl methyl sites for hydroxylation is 1. The van der Waals surface area contributed by atoms with Crippen LogP contribution < -0.4 is 5.32 Å². The molecule has 3 heterocycles. The summed E-state index contributed by atoms with van der Waals surface area (Å²) in [4.78, 5) is 19.5. The van der Waals surface area contributed by atoms with Crippen LogP contribution in [-0.2, 0) is 17.8 Å². The molecule has 0 spiro atoms. The van der Waals surface area contributed by atoms with Gasteiger partial charge in [0.25, 0.3) is 0 Å². The lowest BCUT2D eigenvalue weighted by Crippen LogP contribution is -2.50. The SMILES string of the molecule is O=C(NC1CCCc2occc21)C1CCCCN1Cc1cccnc1. The lowest BCUT2D eigenvalue weighted by molar-refractivity contribution is -0.128. The first-order chi connectivity index (χ1) is 12.3. The topological polar surface area (TPSA) is 58.4 Å². The first kappa shape index (κ1) is 16.3. The van der Waals surface area contributed by atoms with Crippen LogP contribution in [0, 0.1) is 0 Å². The van der Waals surface area contributed by atoms with E-state index < -0.39 is 0 Å². The molecule has 1 aliphatic carbocycles. The summed E-state index contributed by atoms with van der Waals surface area (Å²) >= 11 is 0. The summed E-state index contributed by atoms with van der Waals surface area (Å²) in [6.45, 7) is 1.75. The number of hydrogen-bond donors (Lipinski definition) is 1. The average Bonchev–Trinajstić information content (AvgIpc) is 3.13. The van der Waals surface area contributed by atoms with Gasteiger partial charge in [0.2, 0.25) is 5.91 Å². The minimum absolute atomic E-state index is 0.0498. The third-order valence-corrected chi connectivity index (χ3v) is 5.39. The number of nitrogens with zero attached hydrogens (tertiary/aromatic N) is 2. The van der Waals surface area contributed by atoms with E-state index in [4.69, 9.17) is 4.42 Å². The summed E-state index contributed by atoms with van der Waals surface area (Å²) < 4.78 is 5.54. The number of fused-ring (bicyclic) bond motifs is 1. The maximum absolute atomic E-state index is 13.0. The van der Waals surface area contributed by atoms with E-state index >= 15 is 0 Å². The molecule has 5 heteroatoms. The number of nitrogens with one attached hydrogen (secondary N) is 1. The van der Waals surface area contributed by atoms with E-state index in [1.54, 1.807) is 12.5 Å². The van der Waals surface area contributed by atoms with Gasteiger partial charge in [-0.15, -0.1) is 0 Å². The van der Waals surface area contributed by atoms with Gasteiger partial charge in [0.15, 0.2) is 0 Å². The predicted octanol–water partition coefficient (Wildman–Crippen LogP) is 3.22. The van der Waals surface area contributed by atoms with E-state index in [0.29, 0.717) is 0 Å². The number of furan rings is 1. The Balaban J connectivity index is 1.45. The van der Waals surface area contributed by atoms with Crippen LogP contribution in [0.2, 0.25) is 0 Å². The van der Waals surface area contributed by atoms with Gasteiger partial charge in [0, 0.05) is 30.9 Å². The van der Waals surface area contributed by atoms with Gasteiger partial charge in [-0.05, 0) is 49.9 Å². The van der Waals surface area contributed by atoms with E-state index in [1.165, 1.54) is 0 Å². The normalized spacial score (nSPS) is 23.8. The van der Waals surface area contributed by atoms with Crippen molar-refractivity contribution in [3.63, 3.8) is 0 Å². The number of aromatic nitrogens is 1. The number of pyridine rings is 1. The van der Waals surface area contributed by atoms with E-state index in [-0.39, 0.29) is 18.0 Å². The molecule has 2 atom stereocenters. The van der Waals surface area contributed by atoms with E-state index in [1.807, 2.05) is 18.3 Å². The molecule has 2 unspecified atom stereocenters. The molecule has 2 aromatic heterocycles. The Morgan fingerprint density at radius 2 is 2.24 bits per heavy atom. The minimum Gasteiger partial charge on any atom is -0.469 e. The first-order valence-electron chi connectivity index (χ1n) is 9.31. The Bertz CT molecular complexity index is 713. The molecule has 1 saturated heterocycles. The van der Waals surface area contributed by atoms with Crippen molar-refractivity contribution in [1.82, 2.24) is 15.2 Å². The van der Waals surface area contributed by atoms with Gasteiger partial charge in [-0.3, -0.25) is 14.7 Å². The molecule has 132 valence electrons. The van der Waals surface area contributed by atoms with Crippen molar-refractivity contribution in [2.45, 2.75) is 57.2 Å². The van der Waals surface area contributed by atoms with E-state index in [9.17, 15) is 4.79 Å². The maximum Gasteiger partial charge on any atom is 0.237 e. The van der Waals surface area contributed by atoms with Crippen molar-refractivity contribution < 1.29 is 9.21 Å². The van der Waals surface area contributed by atoms with Gasteiger partial charge in [0.1, 0.15) is 5.76 Å². The Hall–Kier alpha value is -2.14. The molecule has 2 aromatic rings. The van der Waals surface area contributed by atoms with Gasteiger partial charge in [-0.25, -0.2) is 0 Å². The molecule has 2 aliphatic rings. The number of piperidine rings is 1. The lowest BCUT2D eigenvalue weighted by atomic mass is 9.92. The highest BCUT2D eigenvalue weighted by atomic mass is 16.3. The Labute approximate surface area is 148 Å². The summed E-state index contributed by atoms with van der Waals surface area (Å²) in [7, 11) is 0. The molecule has 25 heavy (non-hydrogen) atoms. The lowest BCUT2D eigenvalue weighted by Gasteiger charge is -2.36. The van der Waals surface area contributed by atoms with Crippen molar-refractivity contribution in [3.8, 4) is 0 Å². The molecule has 0 aromatic carbocycles. The number of carbonyl (C=O) groups is 1. The second-order valence-electron chi connectivity index (χ2n) is 7.10. The molecule has 5 nitrogen and oxygen atoms in total. The zero-order chi connectivity index (χ0) is 17.1. The fourth-order valence-electron chi connectivity index (χ4n) is 4.11. The molecule has 1 aliphatic heterocycles. The third-order valence-electron chi connectivity index (χ3n) is 5.39. The summed E-state index contributed by atoms with van der Waals surface area (Å²) in [5, 5.41) is 3.29. The van der Waals surface area contributed by atoms with Crippen LogP contribution in [-0.4, -0.2) is 28.4 Å². The molecule has 0 radical (unpaired) electrons. The van der Waals surface area contributed by atoms with Crippen LogP contribution in [0.1, 0.15) is 55.0 Å². The van der Waals surface area contributed by atoms with Gasteiger partial charge < -0.3 is 9.73 Å². The zero-order valence-electron chi connectivity index (χ0n) is 14.5. The second-order valence-corrected chi connectivity index (χ2v) is 7.10. The van der Waals surface area contributed by atoms with Crippen LogP contribution in [0.5, 0.6) is 0 Å². The summed E-state index contributed by atoms with van der Waals surface area (Å²) in [6, 6.07) is 6.09. The van der Waals surface area contributed by atoms with Crippen molar-refractivity contribution >= 4 is 5.91 Å². The number of amides is 1. The van der Waals surface area contributed by atoms with Gasteiger partial charge in [-0.2, -0.15) is 0 Å².